The number of aryl methyl sites for hydroxylation is 1. The molecule has 7 heteroatoms. The number of aromatic nitrogens is 2. The molecule has 0 fully saturated rings. The Kier molecular flexibility index (Phi) is 3.65. The molecule has 25 heavy (non-hydrogen) atoms. The zero-order chi connectivity index (χ0) is 17.4. The van der Waals surface area contributed by atoms with Gasteiger partial charge in [0.2, 0.25) is 0 Å². The Morgan fingerprint density at radius 3 is 2.72 bits per heavy atom. The van der Waals surface area contributed by atoms with Gasteiger partial charge in [0, 0.05) is 12.3 Å². The summed E-state index contributed by atoms with van der Waals surface area (Å²) in [5.41, 5.74) is 1.80. The molecule has 3 aromatic rings. The van der Waals surface area contributed by atoms with Gasteiger partial charge in [0.25, 0.3) is 10.0 Å². The van der Waals surface area contributed by atoms with E-state index in [1.807, 2.05) is 31.2 Å². The molecule has 2 heterocycles. The van der Waals surface area contributed by atoms with Crippen molar-refractivity contribution in [3.05, 3.63) is 71.9 Å². The van der Waals surface area contributed by atoms with Crippen LogP contribution in [0.3, 0.4) is 0 Å². The summed E-state index contributed by atoms with van der Waals surface area (Å²) < 4.78 is 32.4. The Balaban J connectivity index is 1.67. The summed E-state index contributed by atoms with van der Waals surface area (Å²) in [6, 6.07) is 16.1. The third-order valence-corrected chi connectivity index (χ3v) is 5.78. The van der Waals surface area contributed by atoms with E-state index >= 15 is 0 Å². The van der Waals surface area contributed by atoms with Crippen LogP contribution in [-0.2, 0) is 16.6 Å². The molecule has 0 aliphatic carbocycles. The van der Waals surface area contributed by atoms with Gasteiger partial charge in [-0.1, -0.05) is 30.3 Å². The largest absolute Gasteiger partial charge is 0.424 e. The number of rotatable bonds is 3. The van der Waals surface area contributed by atoms with E-state index in [1.165, 1.54) is 10.5 Å². The van der Waals surface area contributed by atoms with Crippen LogP contribution in [0.2, 0.25) is 0 Å². The van der Waals surface area contributed by atoms with E-state index in [0.717, 1.165) is 11.1 Å². The third-order valence-electron chi connectivity index (χ3n) is 3.93. The first-order valence-corrected chi connectivity index (χ1v) is 9.16. The minimum absolute atomic E-state index is 0.106. The molecule has 126 valence electrons. The molecule has 0 atom stereocenters. The molecule has 0 saturated carbocycles. The van der Waals surface area contributed by atoms with Crippen LogP contribution < -0.4 is 9.04 Å². The average Bonchev–Trinajstić information content (AvgIpc) is 2.87. The second-order valence-electron chi connectivity index (χ2n) is 5.74. The van der Waals surface area contributed by atoms with E-state index in [0.29, 0.717) is 10.6 Å². The minimum atomic E-state index is -3.61. The highest BCUT2D eigenvalue weighted by molar-refractivity contribution is 7.93. The molecule has 1 aliphatic rings. The van der Waals surface area contributed by atoms with Crippen molar-refractivity contribution in [2.45, 2.75) is 18.4 Å². The Morgan fingerprint density at radius 2 is 1.92 bits per heavy atom. The number of nitrogens with zero attached hydrogens (tertiary/aromatic N) is 3. The molecule has 1 aliphatic heterocycles. The normalized spacial score (nSPS) is 15.0. The molecule has 0 bridgehead atoms. The lowest BCUT2D eigenvalue weighted by Gasteiger charge is -2.16. The van der Waals surface area contributed by atoms with Gasteiger partial charge in [-0.2, -0.15) is 4.98 Å². The number of anilines is 1. The second kappa shape index (κ2) is 5.86. The lowest BCUT2D eigenvalue weighted by Crippen LogP contribution is -2.24. The molecule has 6 nitrogen and oxygen atoms in total. The Hall–Kier alpha value is -2.93. The second-order valence-corrected chi connectivity index (χ2v) is 7.57. The predicted octanol–water partition coefficient (Wildman–Crippen LogP) is 3.29. The van der Waals surface area contributed by atoms with Crippen molar-refractivity contribution in [2.75, 3.05) is 4.31 Å². The summed E-state index contributed by atoms with van der Waals surface area (Å²) in [6.45, 7) is 2.21. The van der Waals surface area contributed by atoms with Crippen molar-refractivity contribution >= 4 is 15.8 Å². The summed E-state index contributed by atoms with van der Waals surface area (Å²) in [6.07, 6.45) is 1.49. The van der Waals surface area contributed by atoms with Crippen molar-refractivity contribution in [3.8, 4) is 11.8 Å². The summed E-state index contributed by atoms with van der Waals surface area (Å²) in [4.78, 5) is 8.66. The molecule has 2 aromatic carbocycles. The minimum Gasteiger partial charge on any atom is -0.424 e. The topological polar surface area (TPSA) is 72.4 Å². The average molecular weight is 353 g/mol. The van der Waals surface area contributed by atoms with E-state index in [-0.39, 0.29) is 18.4 Å². The van der Waals surface area contributed by atoms with Gasteiger partial charge in [0.1, 0.15) is 11.6 Å². The fourth-order valence-corrected chi connectivity index (χ4v) is 4.36. The van der Waals surface area contributed by atoms with Crippen LogP contribution in [-0.4, -0.2) is 18.4 Å². The van der Waals surface area contributed by atoms with Crippen LogP contribution >= 0.6 is 0 Å². The Morgan fingerprint density at radius 1 is 1.08 bits per heavy atom. The maximum absolute atomic E-state index is 12.7. The number of hydrogen-bond donors (Lipinski definition) is 0. The Labute approximate surface area is 145 Å². The number of sulfonamides is 1. The molecular weight excluding hydrogens is 338 g/mol. The predicted molar refractivity (Wildman–Crippen MR) is 93.1 cm³/mol. The van der Waals surface area contributed by atoms with Crippen molar-refractivity contribution in [3.63, 3.8) is 0 Å². The lowest BCUT2D eigenvalue weighted by molar-refractivity contribution is 0.442. The quantitative estimate of drug-likeness (QED) is 0.722. The molecule has 4 rings (SSSR count). The van der Waals surface area contributed by atoms with Gasteiger partial charge in [-0.05, 0) is 36.2 Å². The molecule has 1 aromatic heterocycles. The summed E-state index contributed by atoms with van der Waals surface area (Å²) in [5, 5.41) is 0. The molecule has 0 amide bonds. The van der Waals surface area contributed by atoms with Crippen LogP contribution in [0, 0.1) is 6.92 Å². The SMILES string of the molecule is Cc1cccc(Oc2nccc(N3Cc4ccccc4S3(=O)=O)n2)c1. The zero-order valence-corrected chi connectivity index (χ0v) is 14.3. The van der Waals surface area contributed by atoms with Crippen LogP contribution in [0.1, 0.15) is 11.1 Å². The van der Waals surface area contributed by atoms with Gasteiger partial charge in [-0.3, -0.25) is 0 Å². The first kappa shape index (κ1) is 15.6. The fourth-order valence-electron chi connectivity index (χ4n) is 2.75. The fraction of sp³-hybridized carbons (Fsp3) is 0.111. The number of fused-ring (bicyclic) bond motifs is 1. The van der Waals surface area contributed by atoms with E-state index in [2.05, 4.69) is 9.97 Å². The first-order chi connectivity index (χ1) is 12.0. The van der Waals surface area contributed by atoms with Crippen molar-refractivity contribution < 1.29 is 13.2 Å². The summed E-state index contributed by atoms with van der Waals surface area (Å²) in [5.74, 6) is 0.888. The summed E-state index contributed by atoms with van der Waals surface area (Å²) in [7, 11) is -3.61. The number of benzene rings is 2. The summed E-state index contributed by atoms with van der Waals surface area (Å²) >= 11 is 0. The molecular formula is C18H15N3O3S. The lowest BCUT2D eigenvalue weighted by atomic mass is 10.2. The maximum atomic E-state index is 12.7. The van der Waals surface area contributed by atoms with E-state index in [9.17, 15) is 8.42 Å². The molecule has 0 saturated heterocycles. The van der Waals surface area contributed by atoms with Crippen molar-refractivity contribution in [1.82, 2.24) is 9.97 Å². The van der Waals surface area contributed by atoms with Crippen LogP contribution in [0.4, 0.5) is 5.82 Å². The number of hydrogen-bond acceptors (Lipinski definition) is 5. The standard InChI is InChI=1S/C18H15N3O3S/c1-13-5-4-7-15(11-13)24-18-19-10-9-17(20-18)21-12-14-6-2-3-8-16(14)25(21,22)23/h2-11H,12H2,1H3. The Bertz CT molecular complexity index is 1050. The third kappa shape index (κ3) is 2.83. The van der Waals surface area contributed by atoms with Gasteiger partial charge in [0.15, 0.2) is 0 Å². The number of ether oxygens (including phenoxy) is 1. The molecule has 0 unspecified atom stereocenters. The smallest absolute Gasteiger partial charge is 0.323 e. The highest BCUT2D eigenvalue weighted by atomic mass is 32.2. The highest BCUT2D eigenvalue weighted by Gasteiger charge is 2.35. The van der Waals surface area contributed by atoms with Gasteiger partial charge < -0.3 is 4.74 Å². The first-order valence-electron chi connectivity index (χ1n) is 7.72. The highest BCUT2D eigenvalue weighted by Crippen LogP contribution is 2.34. The molecule has 0 N–H and O–H groups in total. The van der Waals surface area contributed by atoms with Crippen molar-refractivity contribution in [2.24, 2.45) is 0 Å². The molecule has 0 radical (unpaired) electrons. The van der Waals surface area contributed by atoms with Gasteiger partial charge in [-0.15, -0.1) is 0 Å². The maximum Gasteiger partial charge on any atom is 0.323 e. The van der Waals surface area contributed by atoms with Crippen LogP contribution in [0.25, 0.3) is 0 Å². The van der Waals surface area contributed by atoms with E-state index in [1.54, 1.807) is 30.3 Å². The van der Waals surface area contributed by atoms with Gasteiger partial charge in [0.05, 0.1) is 11.4 Å². The van der Waals surface area contributed by atoms with E-state index < -0.39 is 10.0 Å². The molecule has 0 spiro atoms. The van der Waals surface area contributed by atoms with Gasteiger partial charge >= 0.3 is 6.01 Å². The van der Waals surface area contributed by atoms with Crippen LogP contribution in [0.15, 0.2) is 65.7 Å². The zero-order valence-electron chi connectivity index (χ0n) is 13.5. The van der Waals surface area contributed by atoms with Crippen LogP contribution in [0.5, 0.6) is 11.8 Å². The monoisotopic (exact) mass is 353 g/mol. The van der Waals surface area contributed by atoms with Gasteiger partial charge in [-0.25, -0.2) is 17.7 Å². The van der Waals surface area contributed by atoms with E-state index in [4.69, 9.17) is 4.74 Å². The van der Waals surface area contributed by atoms with Crippen molar-refractivity contribution in [1.29, 1.82) is 0 Å².